The van der Waals surface area contributed by atoms with Gasteiger partial charge in [0.1, 0.15) is 31.5 Å². The average Bonchev–Trinajstić information content (AvgIpc) is 3.01. The van der Waals surface area contributed by atoms with E-state index >= 15 is 0 Å². The summed E-state index contributed by atoms with van der Waals surface area (Å²) in [7, 11) is 1.54. The van der Waals surface area contributed by atoms with Gasteiger partial charge in [-0.25, -0.2) is 0 Å². The van der Waals surface area contributed by atoms with Gasteiger partial charge >= 0.3 is 0 Å². The molecule has 0 unspecified atom stereocenters. The Morgan fingerprint density at radius 3 is 0.744 bits per heavy atom. The summed E-state index contributed by atoms with van der Waals surface area (Å²) >= 11 is 2.52. The Kier molecular flexibility index (Phi) is 12.1. The second-order valence-corrected chi connectivity index (χ2v) is 22.0. The predicted octanol–water partition coefficient (Wildman–Crippen LogP) is 10.9. The van der Waals surface area contributed by atoms with Crippen molar-refractivity contribution in [2.45, 2.75) is 222 Å². The summed E-state index contributed by atoms with van der Waals surface area (Å²) in [5.41, 5.74) is 0. The van der Waals surface area contributed by atoms with E-state index in [1.54, 1.807) is 154 Å². The topological polar surface area (TPSA) is 0 Å². The van der Waals surface area contributed by atoms with Crippen molar-refractivity contribution in [3.8, 4) is 0 Å². The molecule has 0 radical (unpaired) electrons. The third-order valence-electron chi connectivity index (χ3n) is 12.1. The van der Waals surface area contributed by atoms with Crippen LogP contribution in [0.25, 0.3) is 0 Å². The largest absolute Gasteiger partial charge is 0.155 e. The van der Waals surface area contributed by atoms with Crippen LogP contribution in [0.4, 0.5) is 0 Å². The first kappa shape index (κ1) is 30.1. The van der Waals surface area contributed by atoms with Gasteiger partial charge in [-0.2, -0.15) is 11.8 Å². The lowest BCUT2D eigenvalue weighted by Crippen LogP contribution is -2.45. The van der Waals surface area contributed by atoms with Gasteiger partial charge in [0.25, 0.3) is 0 Å². The lowest BCUT2D eigenvalue weighted by molar-refractivity contribution is 0.463. The molecule has 39 heavy (non-hydrogen) atoms. The van der Waals surface area contributed by atoms with Gasteiger partial charge < -0.3 is 0 Å². The molecule has 0 N–H and O–H groups in total. The minimum atomic E-state index is 0.771. The number of hydrogen-bond acceptors (Lipinski definition) is 1. The second-order valence-electron chi connectivity index (χ2n) is 14.8. The molecular formula is C36H64S3+2. The minimum Gasteiger partial charge on any atom is -0.155 e. The van der Waals surface area contributed by atoms with Gasteiger partial charge in [-0.3, -0.25) is 0 Å². The monoisotopic (exact) mass is 592 g/mol. The van der Waals surface area contributed by atoms with Crippen LogP contribution in [-0.2, 0) is 21.8 Å². The highest BCUT2D eigenvalue weighted by molar-refractivity contribution is 8.00. The van der Waals surface area contributed by atoms with Crippen LogP contribution < -0.4 is 0 Å². The van der Waals surface area contributed by atoms with Crippen LogP contribution >= 0.6 is 11.8 Å². The van der Waals surface area contributed by atoms with Gasteiger partial charge in [-0.15, -0.1) is 0 Å². The standard InChI is InChI=1S/C36H64S3/c1-5-13-31(14-6-1)38(32-15-7-2-8-16-32)35-25-21-29(22-26-35)37-30-23-27-36(28-24-30)39(33-17-9-3-10-18-33)34-19-11-4-12-20-34/h29-36H,1-28H2/q+2. The van der Waals surface area contributed by atoms with E-state index in [4.69, 9.17) is 0 Å². The summed E-state index contributed by atoms with van der Waals surface area (Å²) in [6, 6.07) is 0. The molecular weight excluding hydrogens is 529 g/mol. The van der Waals surface area contributed by atoms with Crippen LogP contribution in [0.15, 0.2) is 0 Å². The SMILES string of the molecule is C1CCC([S+](C2CCCCC2)C2CCC(SC3CCC([S+](C4CCCCC4)C4CCCCC4)CC3)CC2)CC1. The van der Waals surface area contributed by atoms with Gasteiger partial charge in [0.2, 0.25) is 0 Å². The smallest absolute Gasteiger partial charge is 0.118 e. The van der Waals surface area contributed by atoms with E-state index < -0.39 is 0 Å². The summed E-state index contributed by atoms with van der Waals surface area (Å²) in [5, 5.41) is 8.80. The molecule has 0 heterocycles. The number of thioether (sulfide) groups is 1. The fourth-order valence-corrected chi connectivity index (χ4v) is 20.2. The van der Waals surface area contributed by atoms with Crippen molar-refractivity contribution in [1.82, 2.24) is 0 Å². The van der Waals surface area contributed by atoms with E-state index in [1.165, 1.54) is 25.7 Å². The van der Waals surface area contributed by atoms with Crippen molar-refractivity contribution in [3.63, 3.8) is 0 Å². The van der Waals surface area contributed by atoms with Crippen LogP contribution in [0, 0.1) is 0 Å². The summed E-state index contributed by atoms with van der Waals surface area (Å²) in [4.78, 5) is 0. The maximum atomic E-state index is 2.52. The Balaban J connectivity index is 0.986. The quantitative estimate of drug-likeness (QED) is 0.253. The molecule has 0 aromatic carbocycles. The summed E-state index contributed by atoms with van der Waals surface area (Å²) in [6.07, 6.45) is 44.1. The molecule has 3 heteroatoms. The van der Waals surface area contributed by atoms with Crippen LogP contribution in [0.1, 0.15) is 180 Å². The van der Waals surface area contributed by atoms with Crippen molar-refractivity contribution in [1.29, 1.82) is 0 Å². The van der Waals surface area contributed by atoms with Gasteiger partial charge in [-0.05, 0) is 176 Å². The van der Waals surface area contributed by atoms with Crippen LogP contribution in [0.3, 0.4) is 0 Å². The highest BCUT2D eigenvalue weighted by Gasteiger charge is 2.48. The van der Waals surface area contributed by atoms with Gasteiger partial charge in [0, 0.05) is 10.5 Å². The maximum Gasteiger partial charge on any atom is 0.118 e. The fourth-order valence-electron chi connectivity index (χ4n) is 10.1. The Labute approximate surface area is 254 Å². The first-order chi connectivity index (χ1) is 19.3. The fraction of sp³-hybridized carbons (Fsp3) is 1.00. The molecule has 0 atom stereocenters. The first-order valence-electron chi connectivity index (χ1n) is 18.4. The second kappa shape index (κ2) is 15.7. The lowest BCUT2D eigenvalue weighted by Gasteiger charge is -2.39. The Morgan fingerprint density at radius 2 is 0.487 bits per heavy atom. The van der Waals surface area contributed by atoms with E-state index in [9.17, 15) is 0 Å². The molecule has 6 saturated carbocycles. The van der Waals surface area contributed by atoms with Crippen molar-refractivity contribution in [2.24, 2.45) is 0 Å². The van der Waals surface area contributed by atoms with Crippen LogP contribution in [0.2, 0.25) is 0 Å². The summed E-state index contributed by atoms with van der Waals surface area (Å²) < 4.78 is 0. The van der Waals surface area contributed by atoms with Crippen molar-refractivity contribution < 1.29 is 0 Å². The minimum absolute atomic E-state index is 0.771. The van der Waals surface area contributed by atoms with Crippen LogP contribution in [-0.4, -0.2) is 42.0 Å². The summed E-state index contributed by atoms with van der Waals surface area (Å²) in [5.74, 6) is 0. The van der Waals surface area contributed by atoms with Gasteiger partial charge in [0.05, 0.1) is 0 Å². The molecule has 0 aromatic rings. The number of rotatable bonds is 8. The number of hydrogen-bond donors (Lipinski definition) is 0. The Morgan fingerprint density at radius 1 is 0.256 bits per heavy atom. The third-order valence-corrected chi connectivity index (χ3v) is 21.3. The summed E-state index contributed by atoms with van der Waals surface area (Å²) in [6.45, 7) is 0. The molecule has 0 spiro atoms. The predicted molar refractivity (Wildman–Crippen MR) is 182 cm³/mol. The maximum absolute atomic E-state index is 2.52. The van der Waals surface area contributed by atoms with Crippen molar-refractivity contribution in [3.05, 3.63) is 0 Å². The van der Waals surface area contributed by atoms with Crippen LogP contribution in [0.5, 0.6) is 0 Å². The third kappa shape index (κ3) is 8.16. The molecule has 0 amide bonds. The highest BCUT2D eigenvalue weighted by atomic mass is 32.2. The first-order valence-corrected chi connectivity index (χ1v) is 22.2. The molecule has 6 rings (SSSR count). The zero-order valence-electron chi connectivity index (χ0n) is 25.6. The van der Waals surface area contributed by atoms with Gasteiger partial charge in [0.15, 0.2) is 0 Å². The molecule has 6 fully saturated rings. The van der Waals surface area contributed by atoms with Gasteiger partial charge in [-0.1, -0.05) is 25.7 Å². The molecule has 6 aliphatic carbocycles. The van der Waals surface area contributed by atoms with E-state index in [0.29, 0.717) is 0 Å². The van der Waals surface area contributed by atoms with E-state index in [-0.39, 0.29) is 0 Å². The normalized spacial score (nSPS) is 35.5. The van der Waals surface area contributed by atoms with E-state index in [0.717, 1.165) is 63.8 Å². The zero-order chi connectivity index (χ0) is 26.3. The van der Waals surface area contributed by atoms with E-state index in [2.05, 4.69) is 11.8 Å². The Hall–Kier alpha value is 1.05. The lowest BCUT2D eigenvalue weighted by atomic mass is 9.98. The molecule has 0 aliphatic heterocycles. The van der Waals surface area contributed by atoms with Crippen molar-refractivity contribution >= 4 is 33.6 Å². The molecule has 224 valence electrons. The Bertz CT molecular complexity index is 575. The molecule has 6 aliphatic rings. The van der Waals surface area contributed by atoms with E-state index in [1.807, 2.05) is 0 Å². The average molecular weight is 593 g/mol. The zero-order valence-corrected chi connectivity index (χ0v) is 28.1. The molecule has 0 bridgehead atoms. The highest BCUT2D eigenvalue weighted by Crippen LogP contribution is 2.46. The molecule has 0 aromatic heterocycles. The molecule has 0 nitrogen and oxygen atoms in total. The van der Waals surface area contributed by atoms with Crippen molar-refractivity contribution in [2.75, 3.05) is 0 Å². The molecule has 0 saturated heterocycles.